The fraction of sp³-hybridized carbons (Fsp3) is 0.250. The van der Waals surface area contributed by atoms with Crippen LogP contribution in [0.1, 0.15) is 31.7 Å². The summed E-state index contributed by atoms with van der Waals surface area (Å²) in [6.07, 6.45) is 12.1. The van der Waals surface area contributed by atoms with Crippen LogP contribution in [0.25, 0.3) is 6.08 Å². The summed E-state index contributed by atoms with van der Waals surface area (Å²) in [5.74, 6) is 0. The molecule has 0 aromatic heterocycles. The molecule has 1 aromatic carbocycles. The Balaban J connectivity index is 2.64. The van der Waals surface area contributed by atoms with Gasteiger partial charge in [0.2, 0.25) is 0 Å². The molecule has 0 aliphatic heterocycles. The maximum Gasteiger partial charge on any atom is -0.0251 e. The molecule has 0 saturated carbocycles. The Morgan fingerprint density at radius 1 is 1.25 bits per heavy atom. The Morgan fingerprint density at radius 2 is 2.00 bits per heavy atom. The minimum Gasteiger partial charge on any atom is -0.0985 e. The third-order valence-corrected chi connectivity index (χ3v) is 2.40. The van der Waals surface area contributed by atoms with E-state index >= 15 is 0 Å². The van der Waals surface area contributed by atoms with Crippen molar-refractivity contribution in [2.45, 2.75) is 26.2 Å². The van der Waals surface area contributed by atoms with Crippen LogP contribution in [0.15, 0.2) is 60.7 Å². The molecule has 0 unspecified atom stereocenters. The van der Waals surface area contributed by atoms with Crippen LogP contribution in [0, 0.1) is 0 Å². The third-order valence-electron chi connectivity index (χ3n) is 2.40. The lowest BCUT2D eigenvalue weighted by Crippen LogP contribution is -1.75. The lowest BCUT2D eigenvalue weighted by molar-refractivity contribution is 0.814. The molecule has 16 heavy (non-hydrogen) atoms. The van der Waals surface area contributed by atoms with Crippen LogP contribution in [0.4, 0.5) is 0 Å². The molecule has 0 aliphatic rings. The van der Waals surface area contributed by atoms with Crippen molar-refractivity contribution in [3.05, 3.63) is 66.3 Å². The summed E-state index contributed by atoms with van der Waals surface area (Å²) in [4.78, 5) is 0. The molecule has 0 amide bonds. The fourth-order valence-corrected chi connectivity index (χ4v) is 1.46. The Hall–Kier alpha value is -1.56. The average Bonchev–Trinajstić information content (AvgIpc) is 2.34. The summed E-state index contributed by atoms with van der Waals surface area (Å²) >= 11 is 0. The highest BCUT2D eigenvalue weighted by molar-refractivity contribution is 5.58. The summed E-state index contributed by atoms with van der Waals surface area (Å²) in [6, 6.07) is 10.3. The smallest absolute Gasteiger partial charge is 0.0251 e. The van der Waals surface area contributed by atoms with Gasteiger partial charge in [0.1, 0.15) is 0 Å². The third kappa shape index (κ3) is 4.79. The average molecular weight is 212 g/mol. The number of hydrogen-bond acceptors (Lipinski definition) is 0. The first-order chi connectivity index (χ1) is 7.86. The molecule has 0 atom stereocenters. The predicted molar refractivity (Wildman–Crippen MR) is 73.3 cm³/mol. The van der Waals surface area contributed by atoms with Gasteiger partial charge in [-0.1, -0.05) is 74.9 Å². The molecule has 0 aliphatic carbocycles. The monoisotopic (exact) mass is 212 g/mol. The fourth-order valence-electron chi connectivity index (χ4n) is 1.46. The zero-order valence-electron chi connectivity index (χ0n) is 10.0. The molecule has 0 heteroatoms. The van der Waals surface area contributed by atoms with E-state index in [1.807, 2.05) is 24.3 Å². The molecule has 84 valence electrons. The van der Waals surface area contributed by atoms with Gasteiger partial charge in [-0.05, 0) is 23.6 Å². The van der Waals surface area contributed by atoms with E-state index in [4.69, 9.17) is 0 Å². The number of benzene rings is 1. The second kappa shape index (κ2) is 7.70. The van der Waals surface area contributed by atoms with Crippen LogP contribution in [-0.2, 0) is 0 Å². The molecular weight excluding hydrogens is 192 g/mol. The first-order valence-electron chi connectivity index (χ1n) is 5.92. The lowest BCUT2D eigenvalue weighted by Gasteiger charge is -1.96. The molecule has 0 spiro atoms. The van der Waals surface area contributed by atoms with Gasteiger partial charge in [0.15, 0.2) is 0 Å². The van der Waals surface area contributed by atoms with Crippen LogP contribution in [0.2, 0.25) is 0 Å². The molecule has 1 rings (SSSR count). The molecule has 0 N–H and O–H groups in total. The molecule has 1 aromatic rings. The van der Waals surface area contributed by atoms with Gasteiger partial charge in [0, 0.05) is 0 Å². The van der Waals surface area contributed by atoms with Crippen molar-refractivity contribution < 1.29 is 0 Å². The second-order valence-corrected chi connectivity index (χ2v) is 3.80. The first-order valence-corrected chi connectivity index (χ1v) is 5.92. The van der Waals surface area contributed by atoms with Crippen molar-refractivity contribution in [3.8, 4) is 0 Å². The molecule has 0 fully saturated rings. The van der Waals surface area contributed by atoms with Gasteiger partial charge in [-0.25, -0.2) is 0 Å². The largest absolute Gasteiger partial charge is 0.0985 e. The van der Waals surface area contributed by atoms with Crippen LogP contribution in [0.5, 0.6) is 0 Å². The van der Waals surface area contributed by atoms with Gasteiger partial charge in [0.05, 0.1) is 0 Å². The van der Waals surface area contributed by atoms with E-state index < -0.39 is 0 Å². The van der Waals surface area contributed by atoms with E-state index in [9.17, 15) is 0 Å². The number of allylic oxidation sites excluding steroid dienone is 4. The van der Waals surface area contributed by atoms with E-state index in [0.29, 0.717) is 0 Å². The summed E-state index contributed by atoms with van der Waals surface area (Å²) in [6.45, 7) is 6.05. The van der Waals surface area contributed by atoms with E-state index in [2.05, 4.69) is 43.9 Å². The minimum atomic E-state index is 1.15. The Labute approximate surface area is 99.0 Å². The molecule has 0 radical (unpaired) electrons. The molecular formula is C16H20. The zero-order valence-corrected chi connectivity index (χ0v) is 10.0. The predicted octanol–water partition coefficient (Wildman–Crippen LogP) is 5.00. The lowest BCUT2D eigenvalue weighted by atomic mass is 10.1. The minimum absolute atomic E-state index is 1.15. The van der Waals surface area contributed by atoms with E-state index in [1.165, 1.54) is 24.0 Å². The van der Waals surface area contributed by atoms with Crippen molar-refractivity contribution in [2.75, 3.05) is 0 Å². The second-order valence-electron chi connectivity index (χ2n) is 3.80. The van der Waals surface area contributed by atoms with Crippen molar-refractivity contribution in [1.29, 1.82) is 0 Å². The molecule has 0 heterocycles. The van der Waals surface area contributed by atoms with Gasteiger partial charge >= 0.3 is 0 Å². The van der Waals surface area contributed by atoms with Crippen LogP contribution in [-0.4, -0.2) is 0 Å². The number of unbranched alkanes of at least 4 members (excludes halogenated alkanes) is 2. The van der Waals surface area contributed by atoms with Crippen molar-refractivity contribution in [1.82, 2.24) is 0 Å². The zero-order chi connectivity index (χ0) is 11.6. The highest BCUT2D eigenvalue weighted by Gasteiger charge is 1.88. The maximum atomic E-state index is 3.84. The highest BCUT2D eigenvalue weighted by atomic mass is 13.9. The van der Waals surface area contributed by atoms with Crippen LogP contribution in [0.3, 0.4) is 0 Å². The van der Waals surface area contributed by atoms with Gasteiger partial charge in [-0.15, -0.1) is 0 Å². The van der Waals surface area contributed by atoms with Gasteiger partial charge in [0.25, 0.3) is 0 Å². The van der Waals surface area contributed by atoms with E-state index in [1.54, 1.807) is 0 Å². The summed E-state index contributed by atoms with van der Waals surface area (Å²) in [5.41, 5.74) is 2.39. The van der Waals surface area contributed by atoms with Crippen molar-refractivity contribution in [2.24, 2.45) is 0 Å². The maximum absolute atomic E-state index is 3.84. The Bertz CT molecular complexity index is 355. The quantitative estimate of drug-likeness (QED) is 0.459. The highest BCUT2D eigenvalue weighted by Crippen LogP contribution is 2.09. The SMILES string of the molecule is C=CC(=C/c1ccccc1)/C=C/CCCC. The number of rotatable bonds is 6. The normalized spacial score (nSPS) is 11.9. The summed E-state index contributed by atoms with van der Waals surface area (Å²) in [7, 11) is 0. The first kappa shape index (κ1) is 12.5. The standard InChI is InChI=1S/C16H20/c1-3-5-6-8-11-15(4-2)14-16-12-9-7-10-13-16/h4,7-14H,2-3,5-6H2,1H3/b11-8+,15-14-. The Morgan fingerprint density at radius 3 is 2.62 bits per heavy atom. The van der Waals surface area contributed by atoms with Crippen molar-refractivity contribution in [3.63, 3.8) is 0 Å². The summed E-state index contributed by atoms with van der Waals surface area (Å²) < 4.78 is 0. The van der Waals surface area contributed by atoms with Crippen LogP contribution >= 0.6 is 0 Å². The van der Waals surface area contributed by atoms with Gasteiger partial charge in [-0.3, -0.25) is 0 Å². The molecule has 0 saturated heterocycles. The van der Waals surface area contributed by atoms with Crippen LogP contribution < -0.4 is 0 Å². The van der Waals surface area contributed by atoms with E-state index in [-0.39, 0.29) is 0 Å². The topological polar surface area (TPSA) is 0 Å². The molecule has 0 nitrogen and oxygen atoms in total. The van der Waals surface area contributed by atoms with E-state index in [0.717, 1.165) is 6.42 Å². The molecule has 0 bridgehead atoms. The van der Waals surface area contributed by atoms with Gasteiger partial charge < -0.3 is 0 Å². The van der Waals surface area contributed by atoms with Gasteiger partial charge in [-0.2, -0.15) is 0 Å². The summed E-state index contributed by atoms with van der Waals surface area (Å²) in [5, 5.41) is 0. The Kier molecular flexibility index (Phi) is 6.02. The number of hydrogen-bond donors (Lipinski definition) is 0. The van der Waals surface area contributed by atoms with Crippen molar-refractivity contribution >= 4 is 6.08 Å².